The van der Waals surface area contributed by atoms with E-state index in [-0.39, 0.29) is 16.4 Å². The van der Waals surface area contributed by atoms with Gasteiger partial charge in [0.25, 0.3) is 11.1 Å². The average Bonchev–Trinajstić information content (AvgIpc) is 2.98. The van der Waals surface area contributed by atoms with Gasteiger partial charge in [0, 0.05) is 0 Å². The van der Waals surface area contributed by atoms with Crippen molar-refractivity contribution >= 4 is 40.6 Å². The average molecular weight is 428 g/mol. The summed E-state index contributed by atoms with van der Waals surface area (Å²) in [7, 11) is 1.48. The van der Waals surface area contributed by atoms with Crippen molar-refractivity contribution in [1.29, 1.82) is 0 Å². The quantitative estimate of drug-likeness (QED) is 0.651. The summed E-state index contributed by atoms with van der Waals surface area (Å²) in [5, 5.41) is 11.9. The van der Waals surface area contributed by atoms with Gasteiger partial charge in [-0.05, 0) is 54.6 Å². The van der Waals surface area contributed by atoms with Crippen LogP contribution >= 0.6 is 11.8 Å². The van der Waals surface area contributed by atoms with E-state index < -0.39 is 23.6 Å². The Hall–Kier alpha value is -3.46. The van der Waals surface area contributed by atoms with Crippen LogP contribution in [-0.4, -0.2) is 47.3 Å². The predicted octanol–water partition coefficient (Wildman–Crippen LogP) is 3.47. The van der Waals surface area contributed by atoms with Crippen LogP contribution < -0.4 is 14.8 Å². The molecule has 0 radical (unpaired) electrons. The number of nitrogens with zero attached hydrogens (tertiary/aromatic N) is 1. The maximum absolute atomic E-state index is 12.6. The molecule has 0 bridgehead atoms. The van der Waals surface area contributed by atoms with Gasteiger partial charge in [0.15, 0.2) is 11.5 Å². The molecular weight excluding hydrogens is 408 g/mol. The number of thioether (sulfide) groups is 1. The number of nitrogens with one attached hydrogen (secondary N) is 1. The highest BCUT2D eigenvalue weighted by Crippen LogP contribution is 2.34. The van der Waals surface area contributed by atoms with Gasteiger partial charge >= 0.3 is 0 Å². The van der Waals surface area contributed by atoms with Gasteiger partial charge < -0.3 is 19.9 Å². The number of hydrogen-bond acceptors (Lipinski definition) is 7. The first kappa shape index (κ1) is 21.3. The van der Waals surface area contributed by atoms with E-state index in [2.05, 4.69) is 5.32 Å². The summed E-state index contributed by atoms with van der Waals surface area (Å²) < 4.78 is 10.5. The number of para-hydroxylation sites is 2. The monoisotopic (exact) mass is 428 g/mol. The Morgan fingerprint density at radius 2 is 1.97 bits per heavy atom. The van der Waals surface area contributed by atoms with E-state index in [4.69, 9.17) is 9.47 Å². The fourth-order valence-corrected chi connectivity index (χ4v) is 3.60. The normalized spacial score (nSPS) is 14.9. The molecule has 2 aromatic rings. The molecule has 3 rings (SSSR count). The zero-order chi connectivity index (χ0) is 21.7. The summed E-state index contributed by atoms with van der Waals surface area (Å²) in [6.07, 6.45) is 1.52. The molecule has 156 valence electrons. The topological polar surface area (TPSA) is 105 Å². The van der Waals surface area contributed by atoms with Crippen LogP contribution in [-0.2, 0) is 9.59 Å². The second-order valence-electron chi connectivity index (χ2n) is 6.18. The molecule has 9 heteroatoms. The van der Waals surface area contributed by atoms with Gasteiger partial charge in [0.2, 0.25) is 5.91 Å². The van der Waals surface area contributed by atoms with Crippen molar-refractivity contribution in [1.82, 2.24) is 4.90 Å². The zero-order valence-corrected chi connectivity index (χ0v) is 17.2. The number of aromatic hydroxyl groups is 1. The number of carbonyl (C=O) groups excluding carboxylic acids is 3. The molecule has 0 atom stereocenters. The Kier molecular flexibility index (Phi) is 6.63. The minimum Gasteiger partial charge on any atom is -0.504 e. The maximum Gasteiger partial charge on any atom is 0.294 e. The van der Waals surface area contributed by atoms with Crippen LogP contribution in [0.25, 0.3) is 6.08 Å². The van der Waals surface area contributed by atoms with Crippen LogP contribution in [0.4, 0.5) is 10.5 Å². The van der Waals surface area contributed by atoms with Gasteiger partial charge in [-0.2, -0.15) is 0 Å². The van der Waals surface area contributed by atoms with Crippen LogP contribution in [0.15, 0.2) is 47.4 Å². The summed E-state index contributed by atoms with van der Waals surface area (Å²) in [5.74, 6) is -0.355. The highest BCUT2D eigenvalue weighted by Gasteiger charge is 2.36. The number of phenols is 1. The lowest BCUT2D eigenvalue weighted by atomic mass is 10.2. The Bertz CT molecular complexity index is 1020. The molecule has 0 spiro atoms. The minimum absolute atomic E-state index is 0.0184. The van der Waals surface area contributed by atoms with Crippen molar-refractivity contribution in [3.05, 3.63) is 52.9 Å². The summed E-state index contributed by atoms with van der Waals surface area (Å²) in [6, 6.07) is 11.5. The fourth-order valence-electron chi connectivity index (χ4n) is 2.76. The molecule has 0 unspecified atom stereocenters. The zero-order valence-electron chi connectivity index (χ0n) is 16.4. The lowest BCUT2D eigenvalue weighted by molar-refractivity contribution is -0.127. The predicted molar refractivity (Wildman–Crippen MR) is 114 cm³/mol. The summed E-state index contributed by atoms with van der Waals surface area (Å²) >= 11 is 0.747. The number of anilines is 1. The van der Waals surface area contributed by atoms with Crippen LogP contribution in [0, 0.1) is 0 Å². The van der Waals surface area contributed by atoms with Crippen LogP contribution in [0.2, 0.25) is 0 Å². The van der Waals surface area contributed by atoms with Gasteiger partial charge in [0.1, 0.15) is 12.3 Å². The highest BCUT2D eigenvalue weighted by molar-refractivity contribution is 8.18. The number of ether oxygens (including phenoxy) is 2. The third-order valence-corrected chi connectivity index (χ3v) is 5.05. The molecule has 8 nitrogen and oxygen atoms in total. The lowest BCUT2D eigenvalue weighted by Crippen LogP contribution is -2.36. The van der Waals surface area contributed by atoms with Gasteiger partial charge in [-0.15, -0.1) is 0 Å². The Balaban J connectivity index is 1.72. The molecule has 3 amide bonds. The van der Waals surface area contributed by atoms with Crippen molar-refractivity contribution < 1.29 is 29.0 Å². The van der Waals surface area contributed by atoms with Crippen molar-refractivity contribution in [2.75, 3.05) is 25.6 Å². The number of phenolic OH excluding ortho intramolecular Hbond substituents is 1. The van der Waals surface area contributed by atoms with E-state index in [1.165, 1.54) is 19.3 Å². The summed E-state index contributed by atoms with van der Waals surface area (Å²) in [6.45, 7) is 1.74. The number of amides is 3. The third kappa shape index (κ3) is 4.74. The lowest BCUT2D eigenvalue weighted by Gasteiger charge is -2.14. The van der Waals surface area contributed by atoms with Gasteiger partial charge in [-0.1, -0.05) is 18.2 Å². The molecule has 30 heavy (non-hydrogen) atoms. The maximum atomic E-state index is 12.6. The first-order valence-corrected chi connectivity index (χ1v) is 9.88. The molecule has 0 aliphatic carbocycles. The van der Waals surface area contributed by atoms with Gasteiger partial charge in [0.05, 0.1) is 24.3 Å². The van der Waals surface area contributed by atoms with Crippen LogP contribution in [0.3, 0.4) is 0 Å². The number of carbonyl (C=O) groups is 3. The molecule has 0 aromatic heterocycles. The van der Waals surface area contributed by atoms with E-state index in [0.717, 1.165) is 16.7 Å². The number of benzene rings is 2. The molecular formula is C21H20N2O6S. The SMILES string of the molecule is CCOc1cc(/C=C2\SC(=O)N(CC(=O)Nc3ccccc3OC)C2=O)ccc1O. The third-order valence-electron chi connectivity index (χ3n) is 4.14. The van der Waals surface area contributed by atoms with E-state index >= 15 is 0 Å². The Morgan fingerprint density at radius 1 is 1.20 bits per heavy atom. The largest absolute Gasteiger partial charge is 0.504 e. The number of imide groups is 1. The van der Waals surface area contributed by atoms with Crippen molar-refractivity contribution in [2.24, 2.45) is 0 Å². The molecule has 1 aliphatic heterocycles. The standard InChI is InChI=1S/C21H20N2O6S/c1-3-29-17-10-13(8-9-15(17)24)11-18-20(26)23(21(27)30-18)12-19(25)22-14-6-4-5-7-16(14)28-2/h4-11,24H,3,12H2,1-2H3,(H,22,25)/b18-11-. The first-order chi connectivity index (χ1) is 14.4. The fraction of sp³-hybridized carbons (Fsp3) is 0.190. The molecule has 1 fully saturated rings. The molecule has 2 N–H and O–H groups in total. The van der Waals surface area contributed by atoms with E-state index in [9.17, 15) is 19.5 Å². The smallest absolute Gasteiger partial charge is 0.294 e. The van der Waals surface area contributed by atoms with Crippen LogP contribution in [0.1, 0.15) is 12.5 Å². The molecule has 0 saturated carbocycles. The number of hydrogen-bond donors (Lipinski definition) is 2. The number of methoxy groups -OCH3 is 1. The van der Waals surface area contributed by atoms with Gasteiger partial charge in [-0.3, -0.25) is 19.3 Å². The van der Waals surface area contributed by atoms with Crippen molar-refractivity contribution in [3.8, 4) is 17.2 Å². The molecule has 1 aliphatic rings. The van der Waals surface area contributed by atoms with E-state index in [1.54, 1.807) is 43.3 Å². The summed E-state index contributed by atoms with van der Waals surface area (Å²) in [5.41, 5.74) is 1.03. The van der Waals surface area contributed by atoms with E-state index in [0.29, 0.717) is 23.6 Å². The second-order valence-corrected chi connectivity index (χ2v) is 7.17. The highest BCUT2D eigenvalue weighted by atomic mass is 32.2. The van der Waals surface area contributed by atoms with Crippen molar-refractivity contribution in [3.63, 3.8) is 0 Å². The molecule has 1 heterocycles. The van der Waals surface area contributed by atoms with Crippen LogP contribution in [0.5, 0.6) is 17.2 Å². The Labute approximate surface area is 177 Å². The molecule has 1 saturated heterocycles. The minimum atomic E-state index is -0.564. The second kappa shape index (κ2) is 9.36. The van der Waals surface area contributed by atoms with Crippen molar-refractivity contribution in [2.45, 2.75) is 6.92 Å². The molecule has 2 aromatic carbocycles. The van der Waals surface area contributed by atoms with E-state index in [1.807, 2.05) is 0 Å². The number of rotatable bonds is 7. The first-order valence-electron chi connectivity index (χ1n) is 9.07. The summed E-state index contributed by atoms with van der Waals surface area (Å²) in [4.78, 5) is 38.3. The Morgan fingerprint density at radius 3 is 2.70 bits per heavy atom. The van der Waals surface area contributed by atoms with Gasteiger partial charge in [-0.25, -0.2) is 0 Å².